The van der Waals surface area contributed by atoms with Gasteiger partial charge >= 0.3 is 11.6 Å². The molecule has 0 spiro atoms. The predicted octanol–water partition coefficient (Wildman–Crippen LogP) is 3.03. The van der Waals surface area contributed by atoms with Crippen LogP contribution < -0.4 is 5.63 Å². The molecule has 0 N–H and O–H groups in total. The molecule has 2 aromatic rings. The molecule has 2 rings (SSSR count). The van der Waals surface area contributed by atoms with E-state index in [1.54, 1.807) is 13.0 Å². The third-order valence-electron chi connectivity index (χ3n) is 3.12. The van der Waals surface area contributed by atoms with E-state index in [9.17, 15) is 9.59 Å². The molecule has 0 aliphatic rings. The minimum absolute atomic E-state index is 0.0494. The maximum Gasteiger partial charge on any atom is 0.336 e. The molecule has 0 unspecified atom stereocenters. The maximum atomic E-state index is 11.5. The first kappa shape index (κ1) is 14.1. The smallest absolute Gasteiger partial charge is 0.336 e. The van der Waals surface area contributed by atoms with Crippen LogP contribution in [0, 0.1) is 13.8 Å². The standard InChI is InChI=1S/C16H16O4/c1-4-5-15(17)19-9-12-8-16(18)20-14-7-11(3)10(2)6-13(12)14/h4-8H,9H2,1-3H3/b5-4+. The number of rotatable bonds is 3. The van der Waals surface area contributed by atoms with E-state index < -0.39 is 11.6 Å². The van der Waals surface area contributed by atoms with Crippen LogP contribution in [0.2, 0.25) is 0 Å². The molecule has 0 saturated carbocycles. The number of fused-ring (bicyclic) bond motifs is 1. The molecule has 4 heteroatoms. The van der Waals surface area contributed by atoms with Crippen molar-refractivity contribution < 1.29 is 13.9 Å². The number of carbonyl (C=O) groups excluding carboxylic acids is 1. The predicted molar refractivity (Wildman–Crippen MR) is 76.6 cm³/mol. The van der Waals surface area contributed by atoms with Gasteiger partial charge in [0.1, 0.15) is 12.2 Å². The fraction of sp³-hybridized carbons (Fsp3) is 0.250. The van der Waals surface area contributed by atoms with Crippen molar-refractivity contribution in [2.75, 3.05) is 0 Å². The zero-order chi connectivity index (χ0) is 14.7. The van der Waals surface area contributed by atoms with Gasteiger partial charge in [-0.1, -0.05) is 6.08 Å². The average molecular weight is 272 g/mol. The molecule has 1 heterocycles. The zero-order valence-electron chi connectivity index (χ0n) is 11.7. The second-order valence-electron chi connectivity index (χ2n) is 4.63. The van der Waals surface area contributed by atoms with Crippen LogP contribution in [0.3, 0.4) is 0 Å². The van der Waals surface area contributed by atoms with Gasteiger partial charge in [0.25, 0.3) is 0 Å². The Morgan fingerprint density at radius 2 is 1.95 bits per heavy atom. The van der Waals surface area contributed by atoms with Crippen molar-refractivity contribution >= 4 is 16.9 Å². The molecule has 0 radical (unpaired) electrons. The van der Waals surface area contributed by atoms with Gasteiger partial charge in [-0.25, -0.2) is 9.59 Å². The fourth-order valence-electron chi connectivity index (χ4n) is 1.94. The SMILES string of the molecule is C/C=C/C(=O)OCc1cc(=O)oc2cc(C)c(C)cc12. The van der Waals surface area contributed by atoms with E-state index in [2.05, 4.69) is 0 Å². The van der Waals surface area contributed by atoms with Crippen molar-refractivity contribution in [1.29, 1.82) is 0 Å². The highest BCUT2D eigenvalue weighted by Gasteiger charge is 2.09. The summed E-state index contributed by atoms with van der Waals surface area (Å²) in [5, 5.41) is 0.793. The quantitative estimate of drug-likeness (QED) is 0.489. The van der Waals surface area contributed by atoms with Crippen molar-refractivity contribution in [2.24, 2.45) is 0 Å². The Bertz CT molecular complexity index is 738. The van der Waals surface area contributed by atoms with E-state index in [-0.39, 0.29) is 6.61 Å². The molecule has 1 aromatic carbocycles. The van der Waals surface area contributed by atoms with Crippen molar-refractivity contribution in [1.82, 2.24) is 0 Å². The minimum atomic E-state index is -0.446. The largest absolute Gasteiger partial charge is 0.458 e. The summed E-state index contributed by atoms with van der Waals surface area (Å²) in [5.41, 5.74) is 2.85. The summed E-state index contributed by atoms with van der Waals surface area (Å²) >= 11 is 0. The highest BCUT2D eigenvalue weighted by molar-refractivity contribution is 5.83. The summed E-state index contributed by atoms with van der Waals surface area (Å²) < 4.78 is 10.3. The molecule has 0 aliphatic heterocycles. The fourth-order valence-corrected chi connectivity index (χ4v) is 1.94. The van der Waals surface area contributed by atoms with E-state index in [0.29, 0.717) is 11.1 Å². The van der Waals surface area contributed by atoms with Crippen molar-refractivity contribution in [3.63, 3.8) is 0 Å². The number of aryl methyl sites for hydroxylation is 2. The van der Waals surface area contributed by atoms with Crippen LogP contribution in [0.4, 0.5) is 0 Å². The van der Waals surface area contributed by atoms with Gasteiger partial charge in [0.05, 0.1) is 0 Å². The van der Waals surface area contributed by atoms with Gasteiger partial charge < -0.3 is 9.15 Å². The Kier molecular flexibility index (Phi) is 4.03. The van der Waals surface area contributed by atoms with Gasteiger partial charge in [0.15, 0.2) is 0 Å². The van der Waals surface area contributed by atoms with Crippen molar-refractivity contribution in [3.05, 3.63) is 57.5 Å². The van der Waals surface area contributed by atoms with E-state index in [0.717, 1.165) is 16.5 Å². The van der Waals surface area contributed by atoms with Gasteiger partial charge in [-0.2, -0.15) is 0 Å². The minimum Gasteiger partial charge on any atom is -0.458 e. The third kappa shape index (κ3) is 2.96. The highest BCUT2D eigenvalue weighted by Crippen LogP contribution is 2.22. The first-order chi connectivity index (χ1) is 9.51. The third-order valence-corrected chi connectivity index (χ3v) is 3.12. The summed E-state index contributed by atoms with van der Waals surface area (Å²) in [5.74, 6) is -0.433. The summed E-state index contributed by atoms with van der Waals surface area (Å²) in [7, 11) is 0. The Balaban J connectivity index is 2.44. The Labute approximate surface area is 116 Å². The van der Waals surface area contributed by atoms with Crippen molar-refractivity contribution in [3.8, 4) is 0 Å². The van der Waals surface area contributed by atoms with E-state index in [1.807, 2.05) is 26.0 Å². The molecular formula is C16H16O4. The number of allylic oxidation sites excluding steroid dienone is 1. The molecular weight excluding hydrogens is 256 g/mol. The summed E-state index contributed by atoms with van der Waals surface area (Å²) in [6.45, 7) is 5.72. The van der Waals surface area contributed by atoms with Crippen LogP contribution in [0.5, 0.6) is 0 Å². The van der Waals surface area contributed by atoms with E-state index in [4.69, 9.17) is 9.15 Å². The first-order valence-electron chi connectivity index (χ1n) is 6.34. The molecule has 4 nitrogen and oxygen atoms in total. The normalized spacial score (nSPS) is 11.2. The Hall–Kier alpha value is -2.36. The molecule has 0 fully saturated rings. The Morgan fingerprint density at radius 1 is 1.25 bits per heavy atom. The number of hydrogen-bond donors (Lipinski definition) is 0. The van der Waals surface area contributed by atoms with Crippen LogP contribution >= 0.6 is 0 Å². The monoisotopic (exact) mass is 272 g/mol. The topological polar surface area (TPSA) is 56.5 Å². The second-order valence-corrected chi connectivity index (χ2v) is 4.63. The number of esters is 1. The zero-order valence-corrected chi connectivity index (χ0v) is 11.7. The van der Waals surface area contributed by atoms with Gasteiger partial charge in [-0.05, 0) is 44.0 Å². The van der Waals surface area contributed by atoms with Crippen LogP contribution in [0.15, 0.2) is 39.6 Å². The number of benzene rings is 1. The lowest BCUT2D eigenvalue weighted by molar-refractivity contribution is -0.138. The highest BCUT2D eigenvalue weighted by atomic mass is 16.5. The summed E-state index contributed by atoms with van der Waals surface area (Å²) in [6.07, 6.45) is 2.94. The van der Waals surface area contributed by atoms with Crippen LogP contribution in [-0.4, -0.2) is 5.97 Å². The van der Waals surface area contributed by atoms with E-state index in [1.165, 1.54) is 12.1 Å². The first-order valence-corrected chi connectivity index (χ1v) is 6.34. The molecule has 0 bridgehead atoms. The molecule has 104 valence electrons. The summed E-state index contributed by atoms with van der Waals surface area (Å²) in [4.78, 5) is 22.9. The van der Waals surface area contributed by atoms with Crippen LogP contribution in [0.1, 0.15) is 23.6 Å². The van der Waals surface area contributed by atoms with Gasteiger partial charge in [0.2, 0.25) is 0 Å². The number of ether oxygens (including phenoxy) is 1. The molecule has 1 aromatic heterocycles. The van der Waals surface area contributed by atoms with Crippen molar-refractivity contribution in [2.45, 2.75) is 27.4 Å². The molecule has 0 aliphatic carbocycles. The second kappa shape index (κ2) is 5.74. The van der Waals surface area contributed by atoms with Gasteiger partial charge in [0, 0.05) is 23.1 Å². The lowest BCUT2D eigenvalue weighted by atomic mass is 10.0. The average Bonchev–Trinajstić information content (AvgIpc) is 2.38. The van der Waals surface area contributed by atoms with Crippen LogP contribution in [0.25, 0.3) is 11.0 Å². The number of hydrogen-bond acceptors (Lipinski definition) is 4. The lowest BCUT2D eigenvalue weighted by Gasteiger charge is -2.08. The van der Waals surface area contributed by atoms with Crippen LogP contribution in [-0.2, 0) is 16.1 Å². The molecule has 0 saturated heterocycles. The molecule has 0 amide bonds. The van der Waals surface area contributed by atoms with Gasteiger partial charge in [-0.3, -0.25) is 0 Å². The lowest BCUT2D eigenvalue weighted by Crippen LogP contribution is -2.06. The molecule has 20 heavy (non-hydrogen) atoms. The number of carbonyl (C=O) groups is 1. The molecule has 0 atom stereocenters. The summed E-state index contributed by atoms with van der Waals surface area (Å²) in [6, 6.07) is 5.12. The van der Waals surface area contributed by atoms with Gasteiger partial charge in [-0.15, -0.1) is 0 Å². The van der Waals surface area contributed by atoms with E-state index >= 15 is 0 Å². The Morgan fingerprint density at radius 3 is 2.65 bits per heavy atom. The maximum absolute atomic E-state index is 11.5.